The molecule has 2 rings (SSSR count). The molecule has 1 aromatic carbocycles. The zero-order chi connectivity index (χ0) is 6.27. The van der Waals surface area contributed by atoms with Crippen molar-refractivity contribution >= 4 is 12.4 Å². The van der Waals surface area contributed by atoms with Crippen LogP contribution in [0.2, 0.25) is 0 Å². The summed E-state index contributed by atoms with van der Waals surface area (Å²) in [4.78, 5) is 0. The third-order valence-corrected chi connectivity index (χ3v) is 1.89. The van der Waals surface area contributed by atoms with Gasteiger partial charge in [0.15, 0.2) is 0 Å². The van der Waals surface area contributed by atoms with Gasteiger partial charge in [-0.3, -0.25) is 0 Å². The van der Waals surface area contributed by atoms with Crippen LogP contribution >= 0.6 is 12.4 Å². The standard InChI is InChI=1S/C8H9N.ClH/c9-8-5-6-3-1-2-4-7(6)8;/h1-4,8H,5,9H2;1H. The molecule has 2 N–H and O–H groups in total. The van der Waals surface area contributed by atoms with Crippen molar-refractivity contribution in [2.75, 3.05) is 0 Å². The molecule has 1 atom stereocenters. The first-order valence-corrected chi connectivity index (χ1v) is 3.21. The summed E-state index contributed by atoms with van der Waals surface area (Å²) < 4.78 is 0. The number of hydrogen-bond donors (Lipinski definition) is 1. The Balaban J connectivity index is 0.000000500. The minimum absolute atomic E-state index is 0. The lowest BCUT2D eigenvalue weighted by atomic mass is 9.84. The van der Waals surface area contributed by atoms with Crippen LogP contribution in [-0.4, -0.2) is 0 Å². The molecular weight excluding hydrogens is 146 g/mol. The van der Waals surface area contributed by atoms with Gasteiger partial charge >= 0.3 is 0 Å². The molecule has 0 heterocycles. The Morgan fingerprint density at radius 3 is 2.50 bits per heavy atom. The van der Waals surface area contributed by atoms with Crippen LogP contribution in [0.15, 0.2) is 24.3 Å². The Kier molecular flexibility index (Phi) is 1.97. The minimum Gasteiger partial charge on any atom is -0.324 e. The van der Waals surface area contributed by atoms with Crippen LogP contribution in [0.1, 0.15) is 17.2 Å². The van der Waals surface area contributed by atoms with Gasteiger partial charge < -0.3 is 5.73 Å². The molecule has 0 spiro atoms. The Bertz CT molecular complexity index is 234. The largest absolute Gasteiger partial charge is 0.324 e. The van der Waals surface area contributed by atoms with Gasteiger partial charge in [0.1, 0.15) is 0 Å². The van der Waals surface area contributed by atoms with E-state index in [1.54, 1.807) is 0 Å². The third kappa shape index (κ3) is 0.917. The number of halogens is 1. The molecule has 2 heteroatoms. The van der Waals surface area contributed by atoms with E-state index in [0.717, 1.165) is 6.42 Å². The fraction of sp³-hybridized carbons (Fsp3) is 0.250. The van der Waals surface area contributed by atoms with Crippen LogP contribution in [0.4, 0.5) is 0 Å². The summed E-state index contributed by atoms with van der Waals surface area (Å²) in [7, 11) is 0. The second-order valence-corrected chi connectivity index (χ2v) is 2.51. The molecule has 0 amide bonds. The molecular formula is C8H10ClN. The lowest BCUT2D eigenvalue weighted by molar-refractivity contribution is 0.636. The smallest absolute Gasteiger partial charge is 0.0338 e. The van der Waals surface area contributed by atoms with Gasteiger partial charge in [0.05, 0.1) is 0 Å². The van der Waals surface area contributed by atoms with Gasteiger partial charge in [0, 0.05) is 6.04 Å². The summed E-state index contributed by atoms with van der Waals surface area (Å²) in [5.74, 6) is 0. The fourth-order valence-electron chi connectivity index (χ4n) is 1.30. The number of nitrogens with two attached hydrogens (primary N) is 1. The van der Waals surface area contributed by atoms with Crippen molar-refractivity contribution in [1.82, 2.24) is 0 Å². The maximum absolute atomic E-state index is 5.69. The Morgan fingerprint density at radius 2 is 2.00 bits per heavy atom. The van der Waals surface area contributed by atoms with E-state index in [1.165, 1.54) is 11.1 Å². The highest BCUT2D eigenvalue weighted by Gasteiger charge is 2.20. The minimum atomic E-state index is 0. The highest BCUT2D eigenvalue weighted by Crippen LogP contribution is 2.29. The highest BCUT2D eigenvalue weighted by molar-refractivity contribution is 5.85. The van der Waals surface area contributed by atoms with Gasteiger partial charge in [0.25, 0.3) is 0 Å². The van der Waals surface area contributed by atoms with E-state index in [2.05, 4.69) is 18.2 Å². The van der Waals surface area contributed by atoms with Gasteiger partial charge in [0.2, 0.25) is 0 Å². The quantitative estimate of drug-likeness (QED) is 0.606. The average molecular weight is 156 g/mol. The maximum Gasteiger partial charge on any atom is 0.0338 e. The number of hydrogen-bond acceptors (Lipinski definition) is 1. The summed E-state index contributed by atoms with van der Waals surface area (Å²) in [6.07, 6.45) is 1.07. The molecule has 0 saturated heterocycles. The Labute approximate surface area is 66.6 Å². The molecule has 0 saturated carbocycles. The molecule has 1 aliphatic rings. The van der Waals surface area contributed by atoms with Crippen molar-refractivity contribution in [1.29, 1.82) is 0 Å². The molecule has 54 valence electrons. The van der Waals surface area contributed by atoms with Crippen molar-refractivity contribution in [2.45, 2.75) is 12.5 Å². The van der Waals surface area contributed by atoms with Crippen molar-refractivity contribution in [3.8, 4) is 0 Å². The first-order chi connectivity index (χ1) is 4.38. The second-order valence-electron chi connectivity index (χ2n) is 2.51. The summed E-state index contributed by atoms with van der Waals surface area (Å²) in [5, 5.41) is 0. The predicted molar refractivity (Wildman–Crippen MR) is 44.3 cm³/mol. The topological polar surface area (TPSA) is 26.0 Å². The number of benzene rings is 1. The van der Waals surface area contributed by atoms with Gasteiger partial charge in [-0.25, -0.2) is 0 Å². The summed E-state index contributed by atoms with van der Waals surface area (Å²) >= 11 is 0. The van der Waals surface area contributed by atoms with E-state index < -0.39 is 0 Å². The molecule has 1 aromatic rings. The molecule has 10 heavy (non-hydrogen) atoms. The van der Waals surface area contributed by atoms with Crippen LogP contribution < -0.4 is 5.73 Å². The van der Waals surface area contributed by atoms with Gasteiger partial charge in [-0.2, -0.15) is 0 Å². The SMILES string of the molecule is Cl.NC1Cc2ccccc21. The lowest BCUT2D eigenvalue weighted by Gasteiger charge is -2.25. The van der Waals surface area contributed by atoms with Crippen molar-refractivity contribution in [3.05, 3.63) is 35.4 Å². The van der Waals surface area contributed by atoms with E-state index in [-0.39, 0.29) is 12.4 Å². The molecule has 0 aromatic heterocycles. The van der Waals surface area contributed by atoms with E-state index >= 15 is 0 Å². The van der Waals surface area contributed by atoms with Crippen LogP contribution in [0.25, 0.3) is 0 Å². The molecule has 1 aliphatic carbocycles. The van der Waals surface area contributed by atoms with Crippen molar-refractivity contribution in [2.24, 2.45) is 5.73 Å². The highest BCUT2D eigenvalue weighted by atomic mass is 35.5. The van der Waals surface area contributed by atoms with Crippen LogP contribution in [0.3, 0.4) is 0 Å². The van der Waals surface area contributed by atoms with Crippen LogP contribution in [-0.2, 0) is 6.42 Å². The van der Waals surface area contributed by atoms with Crippen molar-refractivity contribution in [3.63, 3.8) is 0 Å². The molecule has 0 aliphatic heterocycles. The summed E-state index contributed by atoms with van der Waals surface area (Å²) in [6.45, 7) is 0. The zero-order valence-corrected chi connectivity index (χ0v) is 6.40. The van der Waals surface area contributed by atoms with Crippen LogP contribution in [0, 0.1) is 0 Å². The fourth-order valence-corrected chi connectivity index (χ4v) is 1.30. The summed E-state index contributed by atoms with van der Waals surface area (Å²) in [6, 6.07) is 8.66. The van der Waals surface area contributed by atoms with E-state index in [1.807, 2.05) is 6.07 Å². The molecule has 1 nitrogen and oxygen atoms in total. The van der Waals surface area contributed by atoms with Gasteiger partial charge in [-0.15, -0.1) is 12.4 Å². The summed E-state index contributed by atoms with van der Waals surface area (Å²) in [5.41, 5.74) is 8.44. The monoisotopic (exact) mass is 155 g/mol. The number of fused-ring (bicyclic) bond motifs is 1. The molecule has 0 radical (unpaired) electrons. The Morgan fingerprint density at radius 1 is 1.30 bits per heavy atom. The second kappa shape index (κ2) is 2.60. The van der Waals surface area contributed by atoms with Gasteiger partial charge in [-0.1, -0.05) is 24.3 Å². The maximum atomic E-state index is 5.69. The average Bonchev–Trinajstić information content (AvgIpc) is 1.86. The molecule has 0 fully saturated rings. The van der Waals surface area contributed by atoms with E-state index in [9.17, 15) is 0 Å². The normalized spacial score (nSPS) is 20.3. The zero-order valence-electron chi connectivity index (χ0n) is 5.58. The lowest BCUT2D eigenvalue weighted by Crippen LogP contribution is -2.24. The van der Waals surface area contributed by atoms with Gasteiger partial charge in [-0.05, 0) is 17.5 Å². The van der Waals surface area contributed by atoms with Crippen molar-refractivity contribution < 1.29 is 0 Å². The van der Waals surface area contributed by atoms with Crippen LogP contribution in [0.5, 0.6) is 0 Å². The first kappa shape index (κ1) is 7.58. The molecule has 0 bridgehead atoms. The molecule has 1 unspecified atom stereocenters. The van der Waals surface area contributed by atoms with E-state index in [0.29, 0.717) is 6.04 Å². The predicted octanol–water partition coefficient (Wildman–Crippen LogP) is 1.66. The first-order valence-electron chi connectivity index (χ1n) is 3.21. The Hall–Kier alpha value is -0.530. The number of rotatable bonds is 0. The third-order valence-electron chi connectivity index (χ3n) is 1.89. The van der Waals surface area contributed by atoms with E-state index in [4.69, 9.17) is 5.73 Å².